The molecular weight excluding hydrogens is 396 g/mol. The smallest absolute Gasteiger partial charge is 0.305 e. The van der Waals surface area contributed by atoms with Crippen LogP contribution in [0.3, 0.4) is 0 Å². The standard InChI is InChI=1S/C13H20.C9H13NO3S.C2H5N/c1-10-6-7-12(11(2)8-10)9-13(3,4)5;1-2-3-4-7-10-9(13)6(14-7)5-8(11)12;1-3-2/h6-8H,9H2,1-5H3;4,6H,2-3,5H2,1H3,(H,10,13)(H,11,12);1H2,2H3/b;7-4-;. The van der Waals surface area contributed by atoms with Crippen molar-refractivity contribution in [3.8, 4) is 0 Å². The van der Waals surface area contributed by atoms with E-state index in [1.54, 1.807) is 7.05 Å². The van der Waals surface area contributed by atoms with Gasteiger partial charge < -0.3 is 15.4 Å². The Morgan fingerprint density at radius 2 is 1.93 bits per heavy atom. The molecule has 1 atom stereocenters. The number of unbranched alkanes of at least 4 members (excludes halogenated alkanes) is 1. The van der Waals surface area contributed by atoms with Crippen LogP contribution in [0.5, 0.6) is 0 Å². The average molecular weight is 435 g/mol. The van der Waals surface area contributed by atoms with Crippen molar-refractivity contribution in [1.29, 1.82) is 0 Å². The highest BCUT2D eigenvalue weighted by Crippen LogP contribution is 2.29. The van der Waals surface area contributed by atoms with Crippen molar-refractivity contribution in [2.45, 2.75) is 72.5 Å². The van der Waals surface area contributed by atoms with Crippen molar-refractivity contribution in [2.24, 2.45) is 10.4 Å². The molecule has 1 fully saturated rings. The van der Waals surface area contributed by atoms with Crippen molar-refractivity contribution in [2.75, 3.05) is 7.05 Å². The number of rotatable bonds is 5. The van der Waals surface area contributed by atoms with Crippen molar-refractivity contribution >= 4 is 30.4 Å². The number of hydrogen-bond donors (Lipinski definition) is 2. The monoisotopic (exact) mass is 434 g/mol. The second-order valence-electron chi connectivity index (χ2n) is 8.53. The summed E-state index contributed by atoms with van der Waals surface area (Å²) in [6, 6.07) is 6.73. The third-order valence-electron chi connectivity index (χ3n) is 4.01. The molecular formula is C24H38N2O3S. The molecule has 0 spiro atoms. The molecule has 0 aromatic heterocycles. The van der Waals surface area contributed by atoms with E-state index in [0.29, 0.717) is 5.41 Å². The summed E-state index contributed by atoms with van der Waals surface area (Å²) in [5, 5.41) is 11.5. The van der Waals surface area contributed by atoms with E-state index in [9.17, 15) is 9.59 Å². The lowest BCUT2D eigenvalue weighted by molar-refractivity contribution is -0.138. The minimum absolute atomic E-state index is 0.111. The van der Waals surface area contributed by atoms with Crippen LogP contribution in [-0.2, 0) is 16.0 Å². The number of allylic oxidation sites excluding steroid dienone is 1. The van der Waals surface area contributed by atoms with Gasteiger partial charge in [0.2, 0.25) is 5.91 Å². The Bertz CT molecular complexity index is 736. The van der Waals surface area contributed by atoms with Crippen LogP contribution in [0.2, 0.25) is 0 Å². The summed E-state index contributed by atoms with van der Waals surface area (Å²) in [6.45, 7) is 16.4. The first-order chi connectivity index (χ1) is 13.9. The van der Waals surface area contributed by atoms with Crippen LogP contribution < -0.4 is 5.32 Å². The van der Waals surface area contributed by atoms with Gasteiger partial charge in [0.15, 0.2) is 0 Å². The number of carbonyl (C=O) groups is 2. The first-order valence-electron chi connectivity index (χ1n) is 10.2. The highest BCUT2D eigenvalue weighted by Gasteiger charge is 2.30. The number of nitrogens with one attached hydrogen (secondary N) is 1. The number of carboxylic acid groups (broad SMARTS) is 1. The van der Waals surface area contributed by atoms with Gasteiger partial charge in [0, 0.05) is 7.05 Å². The van der Waals surface area contributed by atoms with Crippen LogP contribution in [0.1, 0.15) is 63.6 Å². The molecule has 1 saturated heterocycles. The molecule has 1 aliphatic heterocycles. The topological polar surface area (TPSA) is 78.8 Å². The maximum Gasteiger partial charge on any atom is 0.305 e. The minimum Gasteiger partial charge on any atom is -0.481 e. The minimum atomic E-state index is -0.936. The summed E-state index contributed by atoms with van der Waals surface area (Å²) in [5.74, 6) is -1.13. The highest BCUT2D eigenvalue weighted by molar-refractivity contribution is 8.04. The number of benzene rings is 1. The van der Waals surface area contributed by atoms with Crippen LogP contribution >= 0.6 is 11.8 Å². The molecule has 0 saturated carbocycles. The number of aryl methyl sites for hydroxylation is 2. The lowest BCUT2D eigenvalue weighted by atomic mass is 9.86. The third-order valence-corrected chi connectivity index (χ3v) is 5.19. The van der Waals surface area contributed by atoms with E-state index in [1.807, 2.05) is 13.0 Å². The van der Waals surface area contributed by atoms with Crippen molar-refractivity contribution in [3.63, 3.8) is 0 Å². The molecule has 0 radical (unpaired) electrons. The van der Waals surface area contributed by atoms with E-state index in [1.165, 1.54) is 34.9 Å². The maximum absolute atomic E-state index is 11.2. The SMILES string of the molecule is C=NC.CCC/C=C1/NC(=O)C(CC(=O)O)S1.Cc1ccc(CC(C)(C)C)c(C)c1. The van der Waals surface area contributed by atoms with Gasteiger partial charge in [-0.1, -0.05) is 75.7 Å². The molecule has 0 aliphatic carbocycles. The average Bonchev–Trinajstić information content (AvgIpc) is 2.95. The van der Waals surface area contributed by atoms with Gasteiger partial charge in [-0.3, -0.25) is 9.59 Å². The van der Waals surface area contributed by atoms with Gasteiger partial charge in [-0.05, 0) is 49.9 Å². The van der Waals surface area contributed by atoms with Gasteiger partial charge in [0.1, 0.15) is 5.25 Å². The Balaban J connectivity index is 0.000000497. The third kappa shape index (κ3) is 12.5. The predicted molar refractivity (Wildman–Crippen MR) is 129 cm³/mol. The number of amides is 1. The fourth-order valence-electron chi connectivity index (χ4n) is 2.72. The molecule has 1 aromatic carbocycles. The molecule has 0 bridgehead atoms. The lowest BCUT2D eigenvalue weighted by Crippen LogP contribution is -2.24. The number of thioether (sulfide) groups is 1. The lowest BCUT2D eigenvalue weighted by Gasteiger charge is -2.19. The molecule has 1 heterocycles. The molecule has 168 valence electrons. The van der Waals surface area contributed by atoms with E-state index < -0.39 is 11.2 Å². The number of carbonyl (C=O) groups excluding carboxylic acids is 1. The van der Waals surface area contributed by atoms with E-state index in [-0.39, 0.29) is 12.3 Å². The van der Waals surface area contributed by atoms with Crippen LogP contribution in [0.15, 0.2) is 34.3 Å². The zero-order chi connectivity index (χ0) is 23.3. The maximum atomic E-state index is 11.2. The Kier molecular flexibility index (Phi) is 13.0. The van der Waals surface area contributed by atoms with Crippen molar-refractivity contribution in [3.05, 3.63) is 46.0 Å². The van der Waals surface area contributed by atoms with Crippen LogP contribution in [0, 0.1) is 19.3 Å². The number of nitrogens with zero attached hydrogens (tertiary/aromatic N) is 1. The molecule has 1 aliphatic rings. The second kappa shape index (κ2) is 14.0. The Hall–Kier alpha value is -2.08. The van der Waals surface area contributed by atoms with E-state index >= 15 is 0 Å². The van der Waals surface area contributed by atoms with Gasteiger partial charge in [0.25, 0.3) is 0 Å². The fraction of sp³-hybridized carbons (Fsp3) is 0.542. The normalized spacial score (nSPS) is 16.7. The molecule has 30 heavy (non-hydrogen) atoms. The Morgan fingerprint density at radius 3 is 2.40 bits per heavy atom. The quantitative estimate of drug-likeness (QED) is 0.596. The summed E-state index contributed by atoms with van der Waals surface area (Å²) < 4.78 is 0. The zero-order valence-electron chi connectivity index (χ0n) is 19.5. The number of aliphatic carboxylic acids is 1. The Labute approximate surface area is 186 Å². The van der Waals surface area contributed by atoms with Crippen LogP contribution in [0.4, 0.5) is 0 Å². The highest BCUT2D eigenvalue weighted by atomic mass is 32.2. The zero-order valence-corrected chi connectivity index (χ0v) is 20.4. The van der Waals surface area contributed by atoms with E-state index in [0.717, 1.165) is 17.9 Å². The fourth-order valence-corrected chi connectivity index (χ4v) is 3.79. The molecule has 5 nitrogen and oxygen atoms in total. The molecule has 6 heteroatoms. The van der Waals surface area contributed by atoms with Crippen LogP contribution in [-0.4, -0.2) is 36.0 Å². The first kappa shape index (κ1) is 27.9. The summed E-state index contributed by atoms with van der Waals surface area (Å²) in [6.07, 6.45) is 4.91. The number of aliphatic imine (C=N–C) groups is 1. The summed E-state index contributed by atoms with van der Waals surface area (Å²) in [5.41, 5.74) is 4.66. The van der Waals surface area contributed by atoms with Gasteiger partial charge >= 0.3 is 5.97 Å². The number of carboxylic acids is 1. The summed E-state index contributed by atoms with van der Waals surface area (Å²) in [7, 11) is 1.64. The van der Waals surface area contributed by atoms with Gasteiger partial charge in [-0.15, -0.1) is 0 Å². The number of hydrogen-bond acceptors (Lipinski definition) is 4. The molecule has 1 amide bonds. The van der Waals surface area contributed by atoms with Crippen molar-refractivity contribution in [1.82, 2.24) is 5.32 Å². The second-order valence-corrected chi connectivity index (χ2v) is 9.78. The molecule has 2 rings (SSSR count). The Morgan fingerprint density at radius 1 is 1.33 bits per heavy atom. The summed E-state index contributed by atoms with van der Waals surface area (Å²) >= 11 is 1.31. The predicted octanol–water partition coefficient (Wildman–Crippen LogP) is 5.54. The van der Waals surface area contributed by atoms with E-state index in [2.05, 4.69) is 69.8 Å². The molecule has 1 aromatic rings. The molecule has 1 unspecified atom stereocenters. The first-order valence-corrected chi connectivity index (χ1v) is 11.1. The summed E-state index contributed by atoms with van der Waals surface area (Å²) in [4.78, 5) is 24.9. The largest absolute Gasteiger partial charge is 0.481 e. The van der Waals surface area contributed by atoms with Gasteiger partial charge in [0.05, 0.1) is 11.4 Å². The van der Waals surface area contributed by atoms with Crippen LogP contribution in [0.25, 0.3) is 0 Å². The van der Waals surface area contributed by atoms with Crippen molar-refractivity contribution < 1.29 is 14.7 Å². The van der Waals surface area contributed by atoms with E-state index in [4.69, 9.17) is 5.11 Å². The van der Waals surface area contributed by atoms with Gasteiger partial charge in [-0.25, -0.2) is 0 Å². The molecule has 2 N–H and O–H groups in total. The van der Waals surface area contributed by atoms with Gasteiger partial charge in [-0.2, -0.15) is 0 Å².